The highest BCUT2D eigenvalue weighted by Crippen LogP contribution is 2.23. The van der Waals surface area contributed by atoms with Crippen LogP contribution in [0.1, 0.15) is 24.7 Å². The number of amides is 1. The second kappa shape index (κ2) is 8.50. The van der Waals surface area contributed by atoms with Crippen molar-refractivity contribution in [2.75, 3.05) is 26.2 Å². The molecule has 158 valence electrons. The molecular formula is C19H25FN4O4S. The lowest BCUT2D eigenvalue weighted by molar-refractivity contribution is -0.137. The monoisotopic (exact) mass is 424 g/mol. The Balaban J connectivity index is 1.68. The minimum atomic E-state index is -3.71. The van der Waals surface area contributed by atoms with E-state index in [0.717, 1.165) is 0 Å². The van der Waals surface area contributed by atoms with Gasteiger partial charge in [0.2, 0.25) is 10.0 Å². The highest BCUT2D eigenvalue weighted by atomic mass is 32.2. The molecule has 1 aromatic carbocycles. The smallest absolute Gasteiger partial charge is 0.263 e. The molecule has 1 atom stereocenters. The Morgan fingerprint density at radius 1 is 1.21 bits per heavy atom. The van der Waals surface area contributed by atoms with Gasteiger partial charge in [-0.3, -0.25) is 9.89 Å². The molecule has 10 heteroatoms. The Kier molecular flexibility index (Phi) is 6.23. The molecule has 3 rings (SSSR count). The molecule has 0 radical (unpaired) electrons. The van der Waals surface area contributed by atoms with Crippen LogP contribution in [0.5, 0.6) is 5.75 Å². The zero-order valence-corrected chi connectivity index (χ0v) is 17.5. The Hall–Kier alpha value is -2.46. The number of nitrogens with zero attached hydrogens (tertiary/aromatic N) is 3. The molecule has 1 unspecified atom stereocenters. The maximum Gasteiger partial charge on any atom is 0.263 e. The Morgan fingerprint density at radius 2 is 1.93 bits per heavy atom. The number of nitrogens with one attached hydrogen (secondary N) is 1. The number of ether oxygens (including phenoxy) is 1. The molecule has 1 amide bonds. The largest absolute Gasteiger partial charge is 0.478 e. The van der Waals surface area contributed by atoms with Crippen molar-refractivity contribution in [2.45, 2.75) is 38.2 Å². The van der Waals surface area contributed by atoms with E-state index in [-0.39, 0.29) is 29.6 Å². The maximum absolute atomic E-state index is 13.8. The molecule has 1 N–H and O–H groups in total. The van der Waals surface area contributed by atoms with Crippen LogP contribution in [0.2, 0.25) is 0 Å². The molecule has 29 heavy (non-hydrogen) atoms. The maximum atomic E-state index is 13.8. The lowest BCUT2D eigenvalue weighted by atomic mass is 10.3. The minimum Gasteiger partial charge on any atom is -0.478 e. The van der Waals surface area contributed by atoms with Crippen LogP contribution < -0.4 is 4.74 Å². The predicted octanol–water partition coefficient (Wildman–Crippen LogP) is 1.86. The zero-order chi connectivity index (χ0) is 21.2. The molecule has 0 bridgehead atoms. The van der Waals surface area contributed by atoms with Crippen LogP contribution in [-0.2, 0) is 14.8 Å². The average Bonchev–Trinajstić information content (AvgIpc) is 2.88. The topological polar surface area (TPSA) is 95.6 Å². The van der Waals surface area contributed by atoms with Crippen LogP contribution >= 0.6 is 0 Å². The molecule has 8 nitrogen and oxygen atoms in total. The van der Waals surface area contributed by atoms with Gasteiger partial charge in [0.25, 0.3) is 5.91 Å². The van der Waals surface area contributed by atoms with Gasteiger partial charge in [0.15, 0.2) is 17.7 Å². The van der Waals surface area contributed by atoms with Crippen LogP contribution in [0.4, 0.5) is 4.39 Å². The van der Waals surface area contributed by atoms with Crippen LogP contribution in [-0.4, -0.2) is 66.0 Å². The first-order valence-corrected chi connectivity index (χ1v) is 10.9. The van der Waals surface area contributed by atoms with Gasteiger partial charge in [0, 0.05) is 26.2 Å². The van der Waals surface area contributed by atoms with E-state index >= 15 is 0 Å². The molecule has 1 aliphatic rings. The van der Waals surface area contributed by atoms with Gasteiger partial charge in [-0.15, -0.1) is 0 Å². The van der Waals surface area contributed by atoms with E-state index in [0.29, 0.717) is 30.9 Å². The number of hydrogen-bond donors (Lipinski definition) is 1. The SMILES string of the molecule is Cc1n[nH]c(C)c1S(=O)(=O)N1CCCN(C(=O)C(C)Oc2ccccc2F)CC1. The molecule has 0 spiro atoms. The zero-order valence-electron chi connectivity index (χ0n) is 16.7. The second-order valence-electron chi connectivity index (χ2n) is 7.04. The first-order valence-electron chi connectivity index (χ1n) is 9.43. The quantitative estimate of drug-likeness (QED) is 0.790. The summed E-state index contributed by atoms with van der Waals surface area (Å²) in [6.45, 7) is 5.99. The normalized spacial score (nSPS) is 17.0. The summed E-state index contributed by atoms with van der Waals surface area (Å²) in [5.74, 6) is -0.826. The van der Waals surface area contributed by atoms with Crippen molar-refractivity contribution < 1.29 is 22.3 Å². The Labute approximate surface area is 169 Å². The number of aryl methyl sites for hydroxylation is 2. The van der Waals surface area contributed by atoms with Crippen LogP contribution in [0.3, 0.4) is 0 Å². The predicted molar refractivity (Wildman–Crippen MR) is 105 cm³/mol. The van der Waals surface area contributed by atoms with Crippen LogP contribution in [0.25, 0.3) is 0 Å². The molecule has 0 saturated carbocycles. The second-order valence-corrected chi connectivity index (χ2v) is 8.91. The fourth-order valence-electron chi connectivity index (χ4n) is 3.44. The molecule has 1 fully saturated rings. The molecule has 1 aliphatic heterocycles. The van der Waals surface area contributed by atoms with E-state index < -0.39 is 21.9 Å². The van der Waals surface area contributed by atoms with E-state index in [1.165, 1.54) is 16.4 Å². The lowest BCUT2D eigenvalue weighted by Crippen LogP contribution is -2.43. The fraction of sp³-hybridized carbons (Fsp3) is 0.474. The Morgan fingerprint density at radius 3 is 2.59 bits per heavy atom. The first-order chi connectivity index (χ1) is 13.7. The number of sulfonamides is 1. The van der Waals surface area contributed by atoms with Crippen LogP contribution in [0.15, 0.2) is 29.2 Å². The number of H-pyrrole nitrogens is 1. The third-order valence-corrected chi connectivity index (χ3v) is 7.08. The van der Waals surface area contributed by atoms with E-state index in [4.69, 9.17) is 4.74 Å². The summed E-state index contributed by atoms with van der Waals surface area (Å²) < 4.78 is 46.7. The number of carbonyl (C=O) groups is 1. The number of hydrogen-bond acceptors (Lipinski definition) is 5. The van der Waals surface area contributed by atoms with E-state index in [9.17, 15) is 17.6 Å². The summed E-state index contributed by atoms with van der Waals surface area (Å²) in [6.07, 6.45) is -0.388. The third-order valence-electron chi connectivity index (χ3n) is 4.91. The highest BCUT2D eigenvalue weighted by Gasteiger charge is 2.33. The molecule has 1 saturated heterocycles. The fourth-order valence-corrected chi connectivity index (χ4v) is 5.24. The summed E-state index contributed by atoms with van der Waals surface area (Å²) in [7, 11) is -3.71. The van der Waals surface area contributed by atoms with Gasteiger partial charge in [0.05, 0.1) is 11.4 Å². The minimum absolute atomic E-state index is 0.0123. The van der Waals surface area contributed by atoms with E-state index in [2.05, 4.69) is 10.2 Å². The number of carbonyl (C=O) groups excluding carboxylic acids is 1. The summed E-state index contributed by atoms with van der Waals surface area (Å²) in [6, 6.07) is 5.90. The number of para-hydroxylation sites is 1. The van der Waals surface area contributed by atoms with Gasteiger partial charge in [-0.25, -0.2) is 12.8 Å². The summed E-state index contributed by atoms with van der Waals surface area (Å²) >= 11 is 0. The van der Waals surface area contributed by atoms with Gasteiger partial charge in [-0.1, -0.05) is 12.1 Å². The average molecular weight is 424 g/mol. The van der Waals surface area contributed by atoms with Crippen molar-refractivity contribution >= 4 is 15.9 Å². The van der Waals surface area contributed by atoms with E-state index in [1.54, 1.807) is 37.8 Å². The molecule has 2 aromatic rings. The van der Waals surface area contributed by atoms with Crippen LogP contribution in [0, 0.1) is 19.7 Å². The lowest BCUT2D eigenvalue weighted by Gasteiger charge is -2.25. The van der Waals surface area contributed by atoms with Crippen molar-refractivity contribution in [3.8, 4) is 5.75 Å². The van der Waals surface area contributed by atoms with Gasteiger partial charge >= 0.3 is 0 Å². The number of halogens is 1. The molecule has 1 aromatic heterocycles. The van der Waals surface area contributed by atoms with Gasteiger partial charge in [-0.2, -0.15) is 9.40 Å². The van der Waals surface area contributed by atoms with Crippen molar-refractivity contribution in [1.82, 2.24) is 19.4 Å². The van der Waals surface area contributed by atoms with Crippen molar-refractivity contribution in [3.05, 3.63) is 41.5 Å². The van der Waals surface area contributed by atoms with Crippen molar-refractivity contribution in [2.24, 2.45) is 0 Å². The molecule has 2 heterocycles. The number of rotatable bonds is 5. The summed E-state index contributed by atoms with van der Waals surface area (Å²) in [4.78, 5) is 14.5. The van der Waals surface area contributed by atoms with Gasteiger partial charge < -0.3 is 9.64 Å². The van der Waals surface area contributed by atoms with E-state index in [1.807, 2.05) is 0 Å². The van der Waals surface area contributed by atoms with Crippen molar-refractivity contribution in [1.29, 1.82) is 0 Å². The summed E-state index contributed by atoms with van der Waals surface area (Å²) in [5, 5.41) is 6.67. The van der Waals surface area contributed by atoms with Crippen molar-refractivity contribution in [3.63, 3.8) is 0 Å². The molecular weight excluding hydrogens is 399 g/mol. The Bertz CT molecular complexity index is 972. The highest BCUT2D eigenvalue weighted by molar-refractivity contribution is 7.89. The third kappa shape index (κ3) is 4.43. The summed E-state index contributed by atoms with van der Waals surface area (Å²) in [5.41, 5.74) is 0.915. The number of aromatic nitrogens is 2. The molecule has 0 aliphatic carbocycles. The standard InChI is InChI=1S/C19H25FN4O4S/c1-13-18(14(2)22-21-13)29(26,27)24-10-6-9-23(11-12-24)19(25)15(3)28-17-8-5-4-7-16(17)20/h4-5,7-8,15H,6,9-12H2,1-3H3,(H,21,22). The van der Waals surface area contributed by atoms with Gasteiger partial charge in [0.1, 0.15) is 4.90 Å². The number of aromatic amines is 1. The first kappa shape index (κ1) is 21.3. The number of benzene rings is 1. The van der Waals surface area contributed by atoms with Gasteiger partial charge in [-0.05, 0) is 39.3 Å².